The summed E-state index contributed by atoms with van der Waals surface area (Å²) in [6.45, 7) is 2.90. The molecule has 0 radical (unpaired) electrons. The molecule has 0 fully saturated rings. The molecule has 0 spiro atoms. The molecule has 7 nitrogen and oxygen atoms in total. The van der Waals surface area contributed by atoms with E-state index in [1.165, 1.54) is 22.9 Å². The lowest BCUT2D eigenvalue weighted by atomic mass is 10.2. The molecule has 0 amide bonds. The van der Waals surface area contributed by atoms with Crippen LogP contribution in [0.5, 0.6) is 17.2 Å². The van der Waals surface area contributed by atoms with Crippen molar-refractivity contribution in [2.45, 2.75) is 6.92 Å². The minimum Gasteiger partial charge on any atom is -0.493 e. The second-order valence-corrected chi connectivity index (χ2v) is 5.51. The average Bonchev–Trinajstić information content (AvgIpc) is 3.19. The fraction of sp³-hybridized carbons (Fsp3) is 0.211. The Labute approximate surface area is 151 Å². The number of nitrogens with zero attached hydrogens (tertiary/aromatic N) is 4. The third-order valence-corrected chi connectivity index (χ3v) is 3.56. The van der Waals surface area contributed by atoms with Gasteiger partial charge in [0, 0.05) is 0 Å². The van der Waals surface area contributed by atoms with E-state index in [1.807, 2.05) is 49.4 Å². The molecule has 0 saturated heterocycles. The summed E-state index contributed by atoms with van der Waals surface area (Å²) in [4.78, 5) is 0. The maximum Gasteiger partial charge on any atom is 0.161 e. The monoisotopic (exact) mass is 352 g/mol. The molecule has 26 heavy (non-hydrogen) atoms. The zero-order valence-electron chi connectivity index (χ0n) is 14.7. The molecule has 0 saturated carbocycles. The standard InChI is InChI=1S/C19H20N4O3/c1-15-3-6-17(7-4-15)25-9-10-26-18-8-5-16(11-19(18)24-2)12-22-23-13-20-21-14-23/h3-8,11-14H,9-10H2,1-2H3. The first kappa shape index (κ1) is 17.5. The van der Waals surface area contributed by atoms with Gasteiger partial charge in [-0.2, -0.15) is 5.10 Å². The van der Waals surface area contributed by atoms with Crippen LogP contribution in [0.25, 0.3) is 0 Å². The van der Waals surface area contributed by atoms with Crippen LogP contribution in [-0.4, -0.2) is 41.4 Å². The molecule has 7 heteroatoms. The van der Waals surface area contributed by atoms with Crippen LogP contribution in [0.1, 0.15) is 11.1 Å². The van der Waals surface area contributed by atoms with E-state index < -0.39 is 0 Å². The van der Waals surface area contributed by atoms with Gasteiger partial charge in [0.15, 0.2) is 11.5 Å². The molecule has 0 aliphatic carbocycles. The van der Waals surface area contributed by atoms with Gasteiger partial charge in [-0.25, -0.2) is 4.68 Å². The zero-order chi connectivity index (χ0) is 18.2. The minimum absolute atomic E-state index is 0.415. The van der Waals surface area contributed by atoms with Crippen LogP contribution in [0.4, 0.5) is 0 Å². The SMILES string of the molecule is COc1cc(C=Nn2cnnc2)ccc1OCCOc1ccc(C)cc1. The van der Waals surface area contributed by atoms with Crippen molar-refractivity contribution in [3.63, 3.8) is 0 Å². The molecule has 2 aromatic carbocycles. The molecule has 3 aromatic rings. The summed E-state index contributed by atoms with van der Waals surface area (Å²) in [6, 6.07) is 13.5. The Hall–Kier alpha value is -3.35. The Morgan fingerprint density at radius 3 is 2.42 bits per heavy atom. The average molecular weight is 352 g/mol. The predicted octanol–water partition coefficient (Wildman–Crippen LogP) is 2.94. The van der Waals surface area contributed by atoms with Crippen LogP contribution in [-0.2, 0) is 0 Å². The molecule has 0 bridgehead atoms. The molecule has 3 rings (SSSR count). The van der Waals surface area contributed by atoms with E-state index in [4.69, 9.17) is 14.2 Å². The van der Waals surface area contributed by atoms with Gasteiger partial charge in [-0.05, 0) is 42.8 Å². The van der Waals surface area contributed by atoms with Crippen molar-refractivity contribution in [3.05, 3.63) is 66.2 Å². The van der Waals surface area contributed by atoms with Crippen molar-refractivity contribution in [1.82, 2.24) is 14.9 Å². The maximum absolute atomic E-state index is 5.76. The molecule has 1 heterocycles. The summed E-state index contributed by atoms with van der Waals surface area (Å²) >= 11 is 0. The Balaban J connectivity index is 1.54. The van der Waals surface area contributed by atoms with E-state index in [0.717, 1.165) is 11.3 Å². The highest BCUT2D eigenvalue weighted by atomic mass is 16.5. The quantitative estimate of drug-likeness (QED) is 0.460. The van der Waals surface area contributed by atoms with Gasteiger partial charge in [-0.15, -0.1) is 10.2 Å². The van der Waals surface area contributed by atoms with Crippen LogP contribution in [0, 0.1) is 6.92 Å². The van der Waals surface area contributed by atoms with Crippen LogP contribution in [0.3, 0.4) is 0 Å². The number of methoxy groups -OCH3 is 1. The van der Waals surface area contributed by atoms with Crippen molar-refractivity contribution < 1.29 is 14.2 Å². The number of hydrogen-bond donors (Lipinski definition) is 0. The minimum atomic E-state index is 0.415. The summed E-state index contributed by atoms with van der Waals surface area (Å²) in [5.74, 6) is 2.11. The largest absolute Gasteiger partial charge is 0.493 e. The van der Waals surface area contributed by atoms with E-state index >= 15 is 0 Å². The molecule has 134 valence electrons. The molecular weight excluding hydrogens is 332 g/mol. The Morgan fingerprint density at radius 2 is 1.69 bits per heavy atom. The second kappa shape index (κ2) is 8.66. The number of hydrogen-bond acceptors (Lipinski definition) is 6. The number of rotatable bonds is 8. The highest BCUT2D eigenvalue weighted by molar-refractivity contribution is 5.80. The first-order valence-corrected chi connectivity index (χ1v) is 8.14. The predicted molar refractivity (Wildman–Crippen MR) is 98.2 cm³/mol. The highest BCUT2D eigenvalue weighted by Gasteiger charge is 2.05. The molecule has 0 N–H and O–H groups in total. The van der Waals surface area contributed by atoms with Gasteiger partial charge in [0.1, 0.15) is 31.6 Å². The van der Waals surface area contributed by atoms with Gasteiger partial charge in [0.05, 0.1) is 13.3 Å². The summed E-state index contributed by atoms with van der Waals surface area (Å²) in [6.07, 6.45) is 4.72. The van der Waals surface area contributed by atoms with Crippen molar-refractivity contribution in [3.8, 4) is 17.2 Å². The summed E-state index contributed by atoms with van der Waals surface area (Å²) < 4.78 is 18.3. The fourth-order valence-corrected chi connectivity index (χ4v) is 2.22. The number of aryl methyl sites for hydroxylation is 1. The van der Waals surface area contributed by atoms with Crippen LogP contribution in [0.2, 0.25) is 0 Å². The van der Waals surface area contributed by atoms with E-state index in [-0.39, 0.29) is 0 Å². The number of benzene rings is 2. The van der Waals surface area contributed by atoms with Crippen molar-refractivity contribution in [1.29, 1.82) is 0 Å². The molecule has 0 aliphatic heterocycles. The van der Waals surface area contributed by atoms with Crippen LogP contribution >= 0.6 is 0 Å². The van der Waals surface area contributed by atoms with Crippen molar-refractivity contribution in [2.24, 2.45) is 5.10 Å². The van der Waals surface area contributed by atoms with Gasteiger partial charge in [-0.3, -0.25) is 0 Å². The van der Waals surface area contributed by atoms with E-state index in [0.29, 0.717) is 24.7 Å². The Kier molecular flexibility index (Phi) is 5.82. The first-order chi connectivity index (χ1) is 12.7. The Bertz CT molecular complexity index is 846. The Morgan fingerprint density at radius 1 is 0.962 bits per heavy atom. The molecule has 1 aromatic heterocycles. The van der Waals surface area contributed by atoms with Crippen molar-refractivity contribution in [2.75, 3.05) is 20.3 Å². The first-order valence-electron chi connectivity index (χ1n) is 8.14. The van der Waals surface area contributed by atoms with Gasteiger partial charge in [0.2, 0.25) is 0 Å². The lowest BCUT2D eigenvalue weighted by Gasteiger charge is -2.12. The topological polar surface area (TPSA) is 70.8 Å². The van der Waals surface area contributed by atoms with Gasteiger partial charge >= 0.3 is 0 Å². The maximum atomic E-state index is 5.76. The molecule has 0 aliphatic rings. The summed E-state index contributed by atoms with van der Waals surface area (Å²) in [5, 5.41) is 11.6. The smallest absolute Gasteiger partial charge is 0.161 e. The fourth-order valence-electron chi connectivity index (χ4n) is 2.22. The second-order valence-electron chi connectivity index (χ2n) is 5.51. The van der Waals surface area contributed by atoms with E-state index in [1.54, 1.807) is 13.3 Å². The lowest BCUT2D eigenvalue weighted by Crippen LogP contribution is -2.09. The highest BCUT2D eigenvalue weighted by Crippen LogP contribution is 2.27. The normalized spacial score (nSPS) is 10.8. The summed E-state index contributed by atoms with van der Waals surface area (Å²) in [5.41, 5.74) is 2.07. The lowest BCUT2D eigenvalue weighted by molar-refractivity contribution is 0.211. The van der Waals surface area contributed by atoms with Gasteiger partial charge in [-0.1, -0.05) is 17.7 Å². The third kappa shape index (κ3) is 4.83. The third-order valence-electron chi connectivity index (χ3n) is 3.56. The number of ether oxygens (including phenoxy) is 3. The van der Waals surface area contributed by atoms with E-state index in [2.05, 4.69) is 15.3 Å². The van der Waals surface area contributed by atoms with E-state index in [9.17, 15) is 0 Å². The number of aromatic nitrogens is 3. The molecule has 0 unspecified atom stereocenters. The van der Waals surface area contributed by atoms with Gasteiger partial charge < -0.3 is 14.2 Å². The molecular formula is C19H20N4O3. The molecule has 0 atom stereocenters. The van der Waals surface area contributed by atoms with Crippen molar-refractivity contribution >= 4 is 6.21 Å². The zero-order valence-corrected chi connectivity index (χ0v) is 14.7. The van der Waals surface area contributed by atoms with Crippen LogP contribution < -0.4 is 14.2 Å². The van der Waals surface area contributed by atoms with Gasteiger partial charge in [0.25, 0.3) is 0 Å². The van der Waals surface area contributed by atoms with Crippen LogP contribution in [0.15, 0.2) is 60.2 Å². The summed E-state index contributed by atoms with van der Waals surface area (Å²) in [7, 11) is 1.60.